The van der Waals surface area contributed by atoms with Gasteiger partial charge >= 0.3 is 12.1 Å². The molecule has 4 amide bonds. The molecule has 0 bridgehead atoms. The molecule has 3 rings (SSSR count). The normalized spacial score (nSPS) is 10.3. The molecule has 0 atom stereocenters. The van der Waals surface area contributed by atoms with Crippen LogP contribution in [0.4, 0.5) is 29.9 Å². The van der Waals surface area contributed by atoms with Gasteiger partial charge in [-0.05, 0) is 42.3 Å². The van der Waals surface area contributed by atoms with Gasteiger partial charge in [0.1, 0.15) is 17.4 Å². The number of hydrogen-bond donors (Lipinski definition) is 4. The SMILES string of the molecule is CCc1c(Oc2ccc(NC(=O)NC(=O)Cc3ccc(F)cc3)cc2F)ccnc1NC(=O)O. The quantitative estimate of drug-likeness (QED) is 0.396. The number of anilines is 2. The van der Waals surface area contributed by atoms with E-state index in [1.807, 2.05) is 0 Å². The van der Waals surface area contributed by atoms with Crippen molar-refractivity contribution in [3.63, 3.8) is 0 Å². The number of urea groups is 1. The first-order valence-electron chi connectivity index (χ1n) is 10.1. The largest absolute Gasteiger partial charge is 0.465 e. The van der Waals surface area contributed by atoms with E-state index in [9.17, 15) is 23.2 Å². The number of hydrogen-bond acceptors (Lipinski definition) is 5. The standard InChI is InChI=1S/C23H20F2N4O5/c1-2-16-18(9-10-26-21(16)29-23(32)33)34-19-8-7-15(12-17(19)25)27-22(31)28-20(30)11-13-3-5-14(24)6-4-13/h3-10,12H,2,11H2,1H3,(H,26,29)(H,32,33)(H2,27,28,30,31). The summed E-state index contributed by atoms with van der Waals surface area (Å²) >= 11 is 0. The highest BCUT2D eigenvalue weighted by molar-refractivity contribution is 6.01. The third kappa shape index (κ3) is 6.48. The van der Waals surface area contributed by atoms with Gasteiger partial charge in [0.15, 0.2) is 11.6 Å². The highest BCUT2D eigenvalue weighted by atomic mass is 19.1. The van der Waals surface area contributed by atoms with Crippen LogP contribution in [-0.4, -0.2) is 28.1 Å². The summed E-state index contributed by atoms with van der Waals surface area (Å²) in [6, 6.07) is 9.50. The molecule has 0 unspecified atom stereocenters. The Morgan fingerprint density at radius 3 is 2.38 bits per heavy atom. The number of pyridine rings is 1. The van der Waals surface area contributed by atoms with E-state index in [-0.39, 0.29) is 29.4 Å². The lowest BCUT2D eigenvalue weighted by atomic mass is 10.1. The number of benzene rings is 2. The Hall–Kier alpha value is -4.54. The van der Waals surface area contributed by atoms with Crippen LogP contribution in [0.15, 0.2) is 54.7 Å². The second kappa shape index (κ2) is 10.9. The Labute approximate surface area is 192 Å². The number of imide groups is 1. The number of nitrogens with one attached hydrogen (secondary N) is 3. The number of rotatable bonds is 7. The zero-order valence-electron chi connectivity index (χ0n) is 17.9. The van der Waals surface area contributed by atoms with E-state index >= 15 is 0 Å². The molecule has 11 heteroatoms. The number of halogens is 2. The van der Waals surface area contributed by atoms with Crippen LogP contribution in [0.2, 0.25) is 0 Å². The minimum absolute atomic E-state index is 0.0654. The number of carbonyl (C=O) groups excluding carboxylic acids is 2. The van der Waals surface area contributed by atoms with Gasteiger partial charge in [-0.25, -0.2) is 23.4 Å². The Morgan fingerprint density at radius 1 is 1.00 bits per heavy atom. The fourth-order valence-electron chi connectivity index (χ4n) is 3.02. The summed E-state index contributed by atoms with van der Waals surface area (Å²) in [4.78, 5) is 38.9. The molecule has 34 heavy (non-hydrogen) atoms. The molecule has 1 aromatic heterocycles. The number of carboxylic acid groups (broad SMARTS) is 1. The van der Waals surface area contributed by atoms with Gasteiger partial charge in [0.2, 0.25) is 5.91 Å². The first kappa shape index (κ1) is 24.1. The highest BCUT2D eigenvalue weighted by Gasteiger charge is 2.15. The van der Waals surface area contributed by atoms with Gasteiger partial charge in [0, 0.05) is 23.5 Å². The maximum absolute atomic E-state index is 14.6. The monoisotopic (exact) mass is 470 g/mol. The predicted molar refractivity (Wildman–Crippen MR) is 119 cm³/mol. The molecule has 2 aromatic carbocycles. The lowest BCUT2D eigenvalue weighted by molar-refractivity contribution is -0.119. The van der Waals surface area contributed by atoms with E-state index < -0.39 is 29.7 Å². The molecule has 176 valence electrons. The van der Waals surface area contributed by atoms with Gasteiger partial charge in [-0.15, -0.1) is 0 Å². The molecule has 0 spiro atoms. The molecular formula is C23H20F2N4O5. The molecule has 0 fully saturated rings. The fraction of sp³-hybridized carbons (Fsp3) is 0.130. The summed E-state index contributed by atoms with van der Waals surface area (Å²) in [5, 5.41) is 15.5. The van der Waals surface area contributed by atoms with Crippen molar-refractivity contribution >= 4 is 29.5 Å². The van der Waals surface area contributed by atoms with Crippen LogP contribution in [0.25, 0.3) is 0 Å². The maximum atomic E-state index is 14.6. The van der Waals surface area contributed by atoms with Gasteiger partial charge in [0.25, 0.3) is 0 Å². The lowest BCUT2D eigenvalue weighted by Gasteiger charge is -2.14. The molecule has 0 aliphatic rings. The van der Waals surface area contributed by atoms with Crippen molar-refractivity contribution in [2.45, 2.75) is 19.8 Å². The zero-order chi connectivity index (χ0) is 24.7. The van der Waals surface area contributed by atoms with E-state index in [4.69, 9.17) is 9.84 Å². The molecular weight excluding hydrogens is 450 g/mol. The third-order valence-electron chi connectivity index (χ3n) is 4.53. The van der Waals surface area contributed by atoms with Gasteiger partial charge in [-0.2, -0.15) is 0 Å². The first-order chi connectivity index (χ1) is 16.2. The van der Waals surface area contributed by atoms with Crippen molar-refractivity contribution in [3.8, 4) is 11.5 Å². The smallest absolute Gasteiger partial charge is 0.410 e. The molecule has 0 aliphatic heterocycles. The molecule has 9 nitrogen and oxygen atoms in total. The van der Waals surface area contributed by atoms with Gasteiger partial charge < -0.3 is 15.2 Å². The van der Waals surface area contributed by atoms with E-state index in [1.54, 1.807) is 6.92 Å². The van der Waals surface area contributed by atoms with Crippen molar-refractivity contribution < 1.29 is 33.0 Å². The van der Waals surface area contributed by atoms with Crippen LogP contribution < -0.4 is 20.7 Å². The fourth-order valence-corrected chi connectivity index (χ4v) is 3.02. The Bertz CT molecular complexity index is 1220. The highest BCUT2D eigenvalue weighted by Crippen LogP contribution is 2.32. The molecule has 0 saturated carbocycles. The summed E-state index contributed by atoms with van der Waals surface area (Å²) < 4.78 is 33.1. The van der Waals surface area contributed by atoms with E-state index in [2.05, 4.69) is 20.9 Å². The number of ether oxygens (including phenoxy) is 1. The predicted octanol–water partition coefficient (Wildman–Crippen LogP) is 4.70. The minimum Gasteiger partial charge on any atom is -0.465 e. The Kier molecular flexibility index (Phi) is 7.70. The second-order valence-corrected chi connectivity index (χ2v) is 6.97. The molecule has 4 N–H and O–H groups in total. The average molecular weight is 470 g/mol. The van der Waals surface area contributed by atoms with Crippen molar-refractivity contribution in [2.24, 2.45) is 0 Å². The lowest BCUT2D eigenvalue weighted by Crippen LogP contribution is -2.35. The molecule has 1 heterocycles. The Morgan fingerprint density at radius 2 is 1.74 bits per heavy atom. The van der Waals surface area contributed by atoms with Crippen LogP contribution in [0, 0.1) is 11.6 Å². The van der Waals surface area contributed by atoms with Gasteiger partial charge in [-0.1, -0.05) is 19.1 Å². The summed E-state index contributed by atoms with van der Waals surface area (Å²) in [6.07, 6.45) is 0.252. The zero-order valence-corrected chi connectivity index (χ0v) is 17.9. The summed E-state index contributed by atoms with van der Waals surface area (Å²) in [5.41, 5.74) is 1.02. The van der Waals surface area contributed by atoms with Crippen LogP contribution in [0.5, 0.6) is 11.5 Å². The molecule has 0 aliphatic carbocycles. The number of aromatic nitrogens is 1. The van der Waals surface area contributed by atoms with E-state index in [1.165, 1.54) is 48.7 Å². The van der Waals surface area contributed by atoms with Crippen LogP contribution >= 0.6 is 0 Å². The summed E-state index contributed by atoms with van der Waals surface area (Å²) in [5.74, 6) is -1.75. The van der Waals surface area contributed by atoms with Crippen LogP contribution in [0.1, 0.15) is 18.1 Å². The third-order valence-corrected chi connectivity index (χ3v) is 4.53. The molecule has 3 aromatic rings. The number of amides is 4. The minimum atomic E-state index is -1.30. The van der Waals surface area contributed by atoms with Crippen molar-refractivity contribution in [3.05, 3.63) is 77.5 Å². The van der Waals surface area contributed by atoms with E-state index in [0.717, 1.165) is 6.07 Å². The number of carbonyl (C=O) groups is 3. The van der Waals surface area contributed by atoms with Gasteiger partial charge in [-0.3, -0.25) is 15.4 Å². The van der Waals surface area contributed by atoms with Crippen molar-refractivity contribution in [1.29, 1.82) is 0 Å². The summed E-state index contributed by atoms with van der Waals surface area (Å²) in [6.45, 7) is 1.76. The van der Waals surface area contributed by atoms with Crippen LogP contribution in [-0.2, 0) is 17.6 Å². The van der Waals surface area contributed by atoms with Gasteiger partial charge in [0.05, 0.1) is 6.42 Å². The Balaban J connectivity index is 1.64. The van der Waals surface area contributed by atoms with Crippen molar-refractivity contribution in [2.75, 3.05) is 10.6 Å². The second-order valence-electron chi connectivity index (χ2n) is 6.97. The maximum Gasteiger partial charge on any atom is 0.410 e. The van der Waals surface area contributed by atoms with Crippen LogP contribution in [0.3, 0.4) is 0 Å². The van der Waals surface area contributed by atoms with E-state index in [0.29, 0.717) is 17.5 Å². The topological polar surface area (TPSA) is 130 Å². The van der Waals surface area contributed by atoms with Crippen molar-refractivity contribution in [1.82, 2.24) is 10.3 Å². The molecule has 0 radical (unpaired) electrons. The average Bonchev–Trinajstić information content (AvgIpc) is 2.77. The molecule has 0 saturated heterocycles. The number of nitrogens with zero attached hydrogens (tertiary/aromatic N) is 1. The first-order valence-corrected chi connectivity index (χ1v) is 10.1. The summed E-state index contributed by atoms with van der Waals surface area (Å²) in [7, 11) is 0.